The van der Waals surface area contributed by atoms with Gasteiger partial charge in [-0.1, -0.05) is 53.5 Å². The molecular formula is C20H18Cl2N4O. The smallest absolute Gasteiger partial charge is 0.255 e. The molecule has 138 valence electrons. The van der Waals surface area contributed by atoms with Crippen LogP contribution in [0.3, 0.4) is 0 Å². The van der Waals surface area contributed by atoms with Crippen LogP contribution in [0.25, 0.3) is 11.3 Å². The molecule has 2 aromatic carbocycles. The summed E-state index contributed by atoms with van der Waals surface area (Å²) in [5, 5.41) is 8.45. The minimum Gasteiger partial charge on any atom is -0.352 e. The third-order valence-corrected chi connectivity index (χ3v) is 5.26. The van der Waals surface area contributed by atoms with Crippen molar-refractivity contribution in [2.45, 2.75) is 0 Å². The Labute approximate surface area is 167 Å². The summed E-state index contributed by atoms with van der Waals surface area (Å²) in [6, 6.07) is 17.1. The van der Waals surface area contributed by atoms with E-state index in [0.717, 1.165) is 17.1 Å². The number of nitrogens with one attached hydrogen (secondary N) is 1. The standard InChI is InChI=1S/C20H18Cl2N4O/c21-15-6-7-17(22)16(12-15)20(27)26-10-8-25(9-11-26)19-13-18(23-24-19)14-4-2-1-3-5-14/h1-7,12-13H,8-11H2,(H,23,24). The predicted octanol–water partition coefficient (Wildman–Crippen LogP) is 4.35. The van der Waals surface area contributed by atoms with E-state index in [0.29, 0.717) is 41.8 Å². The molecule has 1 amide bonds. The lowest BCUT2D eigenvalue weighted by Crippen LogP contribution is -2.49. The van der Waals surface area contributed by atoms with E-state index in [4.69, 9.17) is 23.2 Å². The Morgan fingerprint density at radius 1 is 0.963 bits per heavy atom. The van der Waals surface area contributed by atoms with Gasteiger partial charge in [-0.25, -0.2) is 0 Å². The quantitative estimate of drug-likeness (QED) is 0.710. The van der Waals surface area contributed by atoms with Crippen LogP contribution in [0, 0.1) is 0 Å². The summed E-state index contributed by atoms with van der Waals surface area (Å²) >= 11 is 12.2. The van der Waals surface area contributed by atoms with E-state index in [1.807, 2.05) is 36.4 Å². The molecule has 0 unspecified atom stereocenters. The van der Waals surface area contributed by atoms with Gasteiger partial charge < -0.3 is 9.80 Å². The van der Waals surface area contributed by atoms with Crippen molar-refractivity contribution in [1.82, 2.24) is 15.1 Å². The van der Waals surface area contributed by atoms with Crippen LogP contribution in [0.2, 0.25) is 10.0 Å². The van der Waals surface area contributed by atoms with Gasteiger partial charge in [0, 0.05) is 37.3 Å². The van der Waals surface area contributed by atoms with Crippen LogP contribution in [-0.4, -0.2) is 47.2 Å². The Bertz CT molecular complexity index is 950. The second-order valence-electron chi connectivity index (χ2n) is 6.41. The first-order chi connectivity index (χ1) is 13.1. The van der Waals surface area contributed by atoms with Crippen LogP contribution >= 0.6 is 23.2 Å². The molecule has 5 nitrogen and oxygen atoms in total. The van der Waals surface area contributed by atoms with Gasteiger partial charge in [0.15, 0.2) is 5.82 Å². The van der Waals surface area contributed by atoms with Crippen molar-refractivity contribution in [1.29, 1.82) is 0 Å². The monoisotopic (exact) mass is 400 g/mol. The second kappa shape index (κ2) is 7.62. The lowest BCUT2D eigenvalue weighted by molar-refractivity contribution is 0.0746. The molecule has 0 spiro atoms. The van der Waals surface area contributed by atoms with Crippen LogP contribution < -0.4 is 4.90 Å². The van der Waals surface area contributed by atoms with Gasteiger partial charge in [-0.3, -0.25) is 9.89 Å². The number of carbonyl (C=O) groups is 1. The molecule has 1 aromatic heterocycles. The van der Waals surface area contributed by atoms with Crippen molar-refractivity contribution in [3.8, 4) is 11.3 Å². The number of hydrogen-bond acceptors (Lipinski definition) is 3. The highest BCUT2D eigenvalue weighted by Gasteiger charge is 2.25. The van der Waals surface area contributed by atoms with E-state index in [9.17, 15) is 4.79 Å². The van der Waals surface area contributed by atoms with Gasteiger partial charge >= 0.3 is 0 Å². The maximum absolute atomic E-state index is 12.7. The molecule has 1 fully saturated rings. The molecule has 0 saturated carbocycles. The SMILES string of the molecule is O=C(c1cc(Cl)ccc1Cl)N1CCN(c2cc(-c3ccccc3)[nH]n2)CC1. The van der Waals surface area contributed by atoms with Crippen molar-refractivity contribution < 1.29 is 4.79 Å². The molecule has 0 aliphatic carbocycles. The number of nitrogens with zero attached hydrogens (tertiary/aromatic N) is 3. The zero-order valence-electron chi connectivity index (χ0n) is 14.5. The van der Waals surface area contributed by atoms with Gasteiger partial charge in [-0.2, -0.15) is 5.10 Å². The van der Waals surface area contributed by atoms with Crippen molar-refractivity contribution in [3.05, 3.63) is 70.2 Å². The number of H-pyrrole nitrogens is 1. The van der Waals surface area contributed by atoms with E-state index in [-0.39, 0.29) is 5.91 Å². The molecular weight excluding hydrogens is 383 g/mol. The number of hydrogen-bond donors (Lipinski definition) is 1. The van der Waals surface area contributed by atoms with Gasteiger partial charge in [0.2, 0.25) is 0 Å². The van der Waals surface area contributed by atoms with Crippen molar-refractivity contribution in [2.24, 2.45) is 0 Å². The molecule has 0 bridgehead atoms. The fourth-order valence-corrected chi connectivity index (χ4v) is 3.58. The topological polar surface area (TPSA) is 52.2 Å². The first-order valence-corrected chi connectivity index (χ1v) is 9.47. The van der Waals surface area contributed by atoms with E-state index in [1.54, 1.807) is 23.1 Å². The Morgan fingerprint density at radius 3 is 2.44 bits per heavy atom. The summed E-state index contributed by atoms with van der Waals surface area (Å²) in [7, 11) is 0. The van der Waals surface area contributed by atoms with E-state index in [1.165, 1.54) is 0 Å². The average Bonchev–Trinajstić information content (AvgIpc) is 3.20. The molecule has 1 aliphatic heterocycles. The number of piperazine rings is 1. The lowest BCUT2D eigenvalue weighted by atomic mass is 10.1. The largest absolute Gasteiger partial charge is 0.352 e. The highest BCUT2D eigenvalue weighted by Crippen LogP contribution is 2.25. The predicted molar refractivity (Wildman–Crippen MR) is 109 cm³/mol. The Kier molecular flexibility index (Phi) is 5.05. The van der Waals surface area contributed by atoms with Crippen molar-refractivity contribution >= 4 is 34.9 Å². The highest BCUT2D eigenvalue weighted by atomic mass is 35.5. The summed E-state index contributed by atoms with van der Waals surface area (Å²) in [6.07, 6.45) is 0. The molecule has 0 radical (unpaired) electrons. The van der Waals surface area contributed by atoms with Crippen LogP contribution in [0.15, 0.2) is 54.6 Å². The molecule has 27 heavy (non-hydrogen) atoms. The lowest BCUT2D eigenvalue weighted by Gasteiger charge is -2.35. The minimum absolute atomic E-state index is 0.0887. The van der Waals surface area contributed by atoms with E-state index >= 15 is 0 Å². The van der Waals surface area contributed by atoms with Gasteiger partial charge in [0.25, 0.3) is 5.91 Å². The van der Waals surface area contributed by atoms with Crippen LogP contribution in [0.5, 0.6) is 0 Å². The zero-order chi connectivity index (χ0) is 18.8. The Morgan fingerprint density at radius 2 is 1.70 bits per heavy atom. The number of halogens is 2. The number of benzene rings is 2. The van der Waals surface area contributed by atoms with Gasteiger partial charge in [-0.05, 0) is 23.8 Å². The van der Waals surface area contributed by atoms with Gasteiger partial charge in [0.05, 0.1) is 16.3 Å². The van der Waals surface area contributed by atoms with Crippen LogP contribution in [0.4, 0.5) is 5.82 Å². The number of carbonyl (C=O) groups excluding carboxylic acids is 1. The molecule has 0 atom stereocenters. The fourth-order valence-electron chi connectivity index (χ4n) is 3.21. The zero-order valence-corrected chi connectivity index (χ0v) is 16.0. The molecule has 1 saturated heterocycles. The minimum atomic E-state index is -0.0887. The first-order valence-electron chi connectivity index (χ1n) is 8.72. The maximum atomic E-state index is 12.7. The number of anilines is 1. The molecule has 1 aliphatic rings. The number of aromatic amines is 1. The molecule has 2 heterocycles. The summed E-state index contributed by atoms with van der Waals surface area (Å²) in [5.41, 5.74) is 2.53. The summed E-state index contributed by atoms with van der Waals surface area (Å²) in [6.45, 7) is 2.64. The van der Waals surface area contributed by atoms with E-state index in [2.05, 4.69) is 15.1 Å². The van der Waals surface area contributed by atoms with E-state index < -0.39 is 0 Å². The van der Waals surface area contributed by atoms with Crippen LogP contribution in [0.1, 0.15) is 10.4 Å². The first kappa shape index (κ1) is 17.9. The van der Waals surface area contributed by atoms with Crippen molar-refractivity contribution in [3.63, 3.8) is 0 Å². The third kappa shape index (κ3) is 3.80. The Hall–Kier alpha value is -2.50. The normalized spacial score (nSPS) is 14.4. The average molecular weight is 401 g/mol. The summed E-state index contributed by atoms with van der Waals surface area (Å²) in [5.74, 6) is 0.802. The van der Waals surface area contributed by atoms with Crippen molar-refractivity contribution in [2.75, 3.05) is 31.1 Å². The fraction of sp³-hybridized carbons (Fsp3) is 0.200. The molecule has 7 heteroatoms. The van der Waals surface area contributed by atoms with Gasteiger partial charge in [-0.15, -0.1) is 0 Å². The summed E-state index contributed by atoms with van der Waals surface area (Å²) < 4.78 is 0. The molecule has 4 rings (SSSR count). The van der Waals surface area contributed by atoms with Crippen LogP contribution in [-0.2, 0) is 0 Å². The number of rotatable bonds is 3. The van der Waals surface area contributed by atoms with Gasteiger partial charge in [0.1, 0.15) is 0 Å². The molecule has 1 N–H and O–H groups in total. The summed E-state index contributed by atoms with van der Waals surface area (Å²) in [4.78, 5) is 16.7. The maximum Gasteiger partial charge on any atom is 0.255 e. The number of aromatic nitrogens is 2. The second-order valence-corrected chi connectivity index (χ2v) is 7.25. The highest BCUT2D eigenvalue weighted by molar-refractivity contribution is 6.35. The molecule has 3 aromatic rings. The number of amides is 1. The third-order valence-electron chi connectivity index (χ3n) is 4.70. The Balaban J connectivity index is 1.43.